The minimum Gasteiger partial charge on any atom is -0.341 e. The summed E-state index contributed by atoms with van der Waals surface area (Å²) in [6.07, 6.45) is 6.58. The van der Waals surface area contributed by atoms with Crippen molar-refractivity contribution < 1.29 is 9.59 Å². The third-order valence-corrected chi connectivity index (χ3v) is 5.28. The van der Waals surface area contributed by atoms with Crippen molar-refractivity contribution in [2.45, 2.75) is 44.6 Å². The topological polar surface area (TPSA) is 43.9 Å². The number of piperazine rings is 1. The lowest BCUT2D eigenvalue weighted by molar-refractivity contribution is -0.136. The van der Waals surface area contributed by atoms with E-state index in [4.69, 9.17) is 0 Å². The molecule has 0 radical (unpaired) electrons. The second-order valence-corrected chi connectivity index (χ2v) is 6.67. The van der Waals surface area contributed by atoms with Gasteiger partial charge in [0.15, 0.2) is 0 Å². The molecule has 3 fully saturated rings. The molecule has 3 rings (SSSR count). The molecule has 2 saturated heterocycles. The van der Waals surface area contributed by atoms with Gasteiger partial charge in [-0.3, -0.25) is 19.4 Å². The van der Waals surface area contributed by atoms with Crippen LogP contribution in [-0.2, 0) is 9.59 Å². The zero-order valence-electron chi connectivity index (χ0n) is 12.9. The molecule has 0 aromatic heterocycles. The Bertz CT molecular complexity index is 375. The molecule has 5 nitrogen and oxygen atoms in total. The number of nitrogens with zero attached hydrogens (tertiary/aromatic N) is 3. The van der Waals surface area contributed by atoms with Crippen molar-refractivity contribution in [2.75, 3.05) is 45.8 Å². The first-order valence-electron chi connectivity index (χ1n) is 8.48. The van der Waals surface area contributed by atoms with Gasteiger partial charge in [0.25, 0.3) is 0 Å². The molecule has 1 saturated carbocycles. The van der Waals surface area contributed by atoms with Crippen LogP contribution in [0, 0.1) is 0 Å². The number of Topliss-reactive ketones (excluding diaryl/α,β-unsaturated/α-hetero) is 1. The Morgan fingerprint density at radius 3 is 2.19 bits per heavy atom. The van der Waals surface area contributed by atoms with Gasteiger partial charge >= 0.3 is 0 Å². The summed E-state index contributed by atoms with van der Waals surface area (Å²) >= 11 is 0. The van der Waals surface area contributed by atoms with Gasteiger partial charge in [-0.15, -0.1) is 0 Å². The van der Waals surface area contributed by atoms with Crippen LogP contribution in [0.25, 0.3) is 0 Å². The Labute approximate surface area is 127 Å². The zero-order chi connectivity index (χ0) is 14.7. The van der Waals surface area contributed by atoms with Gasteiger partial charge in [0.1, 0.15) is 5.78 Å². The molecule has 0 N–H and O–H groups in total. The van der Waals surface area contributed by atoms with Crippen LogP contribution in [0.5, 0.6) is 0 Å². The number of hydrogen-bond donors (Lipinski definition) is 0. The molecule has 0 spiro atoms. The van der Waals surface area contributed by atoms with Crippen molar-refractivity contribution >= 4 is 11.7 Å². The van der Waals surface area contributed by atoms with E-state index in [2.05, 4.69) is 9.80 Å². The highest BCUT2D eigenvalue weighted by Gasteiger charge is 2.28. The van der Waals surface area contributed by atoms with Crippen LogP contribution in [-0.4, -0.2) is 78.2 Å². The molecule has 21 heavy (non-hydrogen) atoms. The molecule has 5 heteroatoms. The number of ketones is 1. The molecule has 0 atom stereocenters. The Morgan fingerprint density at radius 2 is 1.57 bits per heavy atom. The summed E-state index contributed by atoms with van der Waals surface area (Å²) in [6, 6.07) is 0.802. The SMILES string of the molecule is O=C1CCN(C(=O)CN2CCN(C3CCCC3)CC2)CC1. The molecule has 2 aliphatic heterocycles. The first-order valence-corrected chi connectivity index (χ1v) is 8.48. The Balaban J connectivity index is 1.40. The van der Waals surface area contributed by atoms with E-state index in [-0.39, 0.29) is 5.91 Å². The smallest absolute Gasteiger partial charge is 0.236 e. The van der Waals surface area contributed by atoms with Gasteiger partial charge in [-0.2, -0.15) is 0 Å². The average molecular weight is 293 g/mol. The molecule has 3 aliphatic rings. The van der Waals surface area contributed by atoms with Crippen molar-refractivity contribution in [2.24, 2.45) is 0 Å². The molecule has 0 bridgehead atoms. The van der Waals surface area contributed by atoms with Crippen LogP contribution in [0.3, 0.4) is 0 Å². The molecule has 118 valence electrons. The van der Waals surface area contributed by atoms with Gasteiger partial charge in [0.05, 0.1) is 6.54 Å². The van der Waals surface area contributed by atoms with Gasteiger partial charge < -0.3 is 4.90 Å². The monoisotopic (exact) mass is 293 g/mol. The van der Waals surface area contributed by atoms with Crippen molar-refractivity contribution in [3.05, 3.63) is 0 Å². The second kappa shape index (κ2) is 6.88. The van der Waals surface area contributed by atoms with E-state index in [0.717, 1.165) is 32.2 Å². The minimum absolute atomic E-state index is 0.205. The van der Waals surface area contributed by atoms with E-state index >= 15 is 0 Å². The van der Waals surface area contributed by atoms with Gasteiger partial charge in [0.2, 0.25) is 5.91 Å². The summed E-state index contributed by atoms with van der Waals surface area (Å²) in [5.74, 6) is 0.501. The van der Waals surface area contributed by atoms with E-state index < -0.39 is 0 Å². The first-order chi connectivity index (χ1) is 10.2. The number of likely N-dealkylation sites (tertiary alicyclic amines) is 1. The highest BCUT2D eigenvalue weighted by atomic mass is 16.2. The molecule has 0 aromatic rings. The molecule has 0 aromatic carbocycles. The van der Waals surface area contributed by atoms with E-state index in [1.807, 2.05) is 4.90 Å². The van der Waals surface area contributed by atoms with Crippen molar-refractivity contribution in [3.63, 3.8) is 0 Å². The van der Waals surface area contributed by atoms with E-state index in [0.29, 0.717) is 38.3 Å². The lowest BCUT2D eigenvalue weighted by Crippen LogP contribution is -2.52. The lowest BCUT2D eigenvalue weighted by Gasteiger charge is -2.38. The van der Waals surface area contributed by atoms with Crippen LogP contribution >= 0.6 is 0 Å². The maximum Gasteiger partial charge on any atom is 0.236 e. The lowest BCUT2D eigenvalue weighted by atomic mass is 10.1. The zero-order valence-corrected chi connectivity index (χ0v) is 12.9. The largest absolute Gasteiger partial charge is 0.341 e. The van der Waals surface area contributed by atoms with E-state index in [9.17, 15) is 9.59 Å². The predicted octanol–water partition coefficient (Wildman–Crippen LogP) is 0.738. The summed E-state index contributed by atoms with van der Waals surface area (Å²) in [7, 11) is 0. The minimum atomic E-state index is 0.205. The summed E-state index contributed by atoms with van der Waals surface area (Å²) in [4.78, 5) is 30.3. The molecule has 1 amide bonds. The number of amides is 1. The highest BCUT2D eigenvalue weighted by Crippen LogP contribution is 2.24. The fourth-order valence-corrected chi connectivity index (χ4v) is 3.85. The molecular formula is C16H27N3O2. The first kappa shape index (κ1) is 15.0. The van der Waals surface area contributed by atoms with E-state index in [1.165, 1.54) is 25.7 Å². The fourth-order valence-electron chi connectivity index (χ4n) is 3.85. The standard InChI is InChI=1S/C16H27N3O2/c20-15-5-7-19(8-6-15)16(21)13-17-9-11-18(12-10-17)14-3-1-2-4-14/h14H,1-13H2. The van der Waals surface area contributed by atoms with Crippen molar-refractivity contribution in [3.8, 4) is 0 Å². The summed E-state index contributed by atoms with van der Waals surface area (Å²) in [5.41, 5.74) is 0. The van der Waals surface area contributed by atoms with Crippen molar-refractivity contribution in [1.82, 2.24) is 14.7 Å². The number of rotatable bonds is 3. The average Bonchev–Trinajstić information content (AvgIpc) is 3.03. The maximum atomic E-state index is 12.3. The normalized spacial score (nSPS) is 26.5. The molecular weight excluding hydrogens is 266 g/mol. The van der Waals surface area contributed by atoms with Gasteiger partial charge in [0, 0.05) is 58.2 Å². The molecule has 1 aliphatic carbocycles. The van der Waals surface area contributed by atoms with Gasteiger partial charge in [-0.25, -0.2) is 0 Å². The Morgan fingerprint density at radius 1 is 0.952 bits per heavy atom. The van der Waals surface area contributed by atoms with Crippen LogP contribution in [0.15, 0.2) is 0 Å². The second-order valence-electron chi connectivity index (χ2n) is 6.67. The van der Waals surface area contributed by atoms with Gasteiger partial charge in [-0.05, 0) is 12.8 Å². The summed E-state index contributed by atoms with van der Waals surface area (Å²) in [5, 5.41) is 0. The Hall–Kier alpha value is -0.940. The molecule has 0 unspecified atom stereocenters. The van der Waals surface area contributed by atoms with Crippen LogP contribution < -0.4 is 0 Å². The van der Waals surface area contributed by atoms with E-state index in [1.54, 1.807) is 0 Å². The number of hydrogen-bond acceptors (Lipinski definition) is 4. The summed E-state index contributed by atoms with van der Waals surface area (Å²) < 4.78 is 0. The van der Waals surface area contributed by atoms with Gasteiger partial charge in [-0.1, -0.05) is 12.8 Å². The number of carbonyl (C=O) groups is 2. The number of carbonyl (C=O) groups excluding carboxylic acids is 2. The summed E-state index contributed by atoms with van der Waals surface area (Å²) in [6.45, 7) is 6.02. The quantitative estimate of drug-likeness (QED) is 0.770. The van der Waals surface area contributed by atoms with Crippen LogP contribution in [0.4, 0.5) is 0 Å². The van der Waals surface area contributed by atoms with Crippen molar-refractivity contribution in [1.29, 1.82) is 0 Å². The number of piperidine rings is 1. The predicted molar refractivity (Wildman–Crippen MR) is 81.1 cm³/mol. The third kappa shape index (κ3) is 3.83. The maximum absolute atomic E-state index is 12.3. The van der Waals surface area contributed by atoms with Crippen LogP contribution in [0.2, 0.25) is 0 Å². The highest BCUT2D eigenvalue weighted by molar-refractivity contribution is 5.84. The van der Waals surface area contributed by atoms with Crippen LogP contribution in [0.1, 0.15) is 38.5 Å². The third-order valence-electron chi connectivity index (χ3n) is 5.28. The Kier molecular flexibility index (Phi) is 4.91. The molecule has 2 heterocycles. The fraction of sp³-hybridized carbons (Fsp3) is 0.875.